The van der Waals surface area contributed by atoms with Gasteiger partial charge in [0.25, 0.3) is 0 Å². The molecule has 2 aromatic carbocycles. The van der Waals surface area contributed by atoms with E-state index >= 15 is 0 Å². The van der Waals surface area contributed by atoms with Gasteiger partial charge in [-0.25, -0.2) is 14.4 Å². The van der Waals surface area contributed by atoms with Crippen LogP contribution in [-0.2, 0) is 4.79 Å². The predicted octanol–water partition coefficient (Wildman–Crippen LogP) is 4.49. The third kappa shape index (κ3) is 4.95. The van der Waals surface area contributed by atoms with E-state index in [-0.39, 0.29) is 28.3 Å². The lowest BCUT2D eigenvalue weighted by Crippen LogP contribution is -2.06. The van der Waals surface area contributed by atoms with Crippen LogP contribution in [0.2, 0.25) is 5.02 Å². The van der Waals surface area contributed by atoms with E-state index in [1.165, 1.54) is 19.1 Å². The molecule has 0 aliphatic heterocycles. The van der Waals surface area contributed by atoms with Gasteiger partial charge in [-0.2, -0.15) is 0 Å². The first kappa shape index (κ1) is 20.9. The molecule has 1 aromatic heterocycles. The number of nitrogen functional groups attached to an aromatic ring is 1. The Balaban J connectivity index is 2.10. The number of nitrogens with one attached hydrogen (secondary N) is 1. The third-order valence-electron chi connectivity index (χ3n) is 3.96. The van der Waals surface area contributed by atoms with Gasteiger partial charge in [0.2, 0.25) is 5.91 Å². The van der Waals surface area contributed by atoms with Crippen molar-refractivity contribution in [2.45, 2.75) is 6.92 Å². The first-order chi connectivity index (χ1) is 14.4. The van der Waals surface area contributed by atoms with Crippen molar-refractivity contribution >= 4 is 40.5 Å². The molecule has 1 heterocycles. The van der Waals surface area contributed by atoms with Crippen LogP contribution in [0, 0.1) is 5.82 Å². The summed E-state index contributed by atoms with van der Waals surface area (Å²) in [6, 6.07) is 12.6. The molecular formula is C20H17ClFN7O. The van der Waals surface area contributed by atoms with E-state index in [1.54, 1.807) is 30.5 Å². The molecule has 0 saturated carbocycles. The second-order valence-electron chi connectivity index (χ2n) is 6.17. The maximum absolute atomic E-state index is 13.6. The van der Waals surface area contributed by atoms with Gasteiger partial charge in [0.05, 0.1) is 16.3 Å². The highest BCUT2D eigenvalue weighted by Crippen LogP contribution is 2.29. The Hall–Kier alpha value is -3.85. The number of anilines is 2. The zero-order chi connectivity index (χ0) is 21.7. The fourth-order valence-corrected chi connectivity index (χ4v) is 2.83. The molecule has 0 fully saturated rings. The summed E-state index contributed by atoms with van der Waals surface area (Å²) in [7, 11) is 0. The number of halogens is 2. The number of benzene rings is 2. The molecule has 0 aliphatic carbocycles. The Morgan fingerprint density at radius 1 is 1.17 bits per heavy atom. The highest BCUT2D eigenvalue weighted by molar-refractivity contribution is 6.33. The van der Waals surface area contributed by atoms with Gasteiger partial charge in [-0.3, -0.25) is 4.79 Å². The molecule has 0 atom stereocenters. The monoisotopic (exact) mass is 425 g/mol. The number of aliphatic imine (C=N–C) groups is 1. The molecule has 152 valence electrons. The lowest BCUT2D eigenvalue weighted by atomic mass is 10.0. The van der Waals surface area contributed by atoms with Crippen LogP contribution in [0.25, 0.3) is 11.1 Å². The number of nitrogens with zero attached hydrogens (tertiary/aromatic N) is 4. The van der Waals surface area contributed by atoms with Crippen molar-refractivity contribution in [2.75, 3.05) is 11.1 Å². The highest BCUT2D eigenvalue weighted by atomic mass is 35.5. The largest absolute Gasteiger partial charge is 0.383 e. The van der Waals surface area contributed by atoms with Crippen LogP contribution < -0.4 is 16.9 Å². The van der Waals surface area contributed by atoms with Crippen LogP contribution in [0.3, 0.4) is 0 Å². The van der Waals surface area contributed by atoms with E-state index in [0.717, 1.165) is 11.6 Å². The topological polar surface area (TPSA) is 131 Å². The minimum atomic E-state index is -0.517. The lowest BCUT2D eigenvalue weighted by molar-refractivity contribution is -0.114. The Labute approximate surface area is 176 Å². The quantitative estimate of drug-likeness (QED) is 0.187. The van der Waals surface area contributed by atoms with Gasteiger partial charge in [-0.15, -0.1) is 5.11 Å². The van der Waals surface area contributed by atoms with Gasteiger partial charge in [-0.1, -0.05) is 29.0 Å². The van der Waals surface area contributed by atoms with Crippen molar-refractivity contribution in [3.63, 3.8) is 0 Å². The van der Waals surface area contributed by atoms with Crippen molar-refractivity contribution in [1.29, 1.82) is 0 Å². The number of amides is 1. The van der Waals surface area contributed by atoms with E-state index < -0.39 is 5.82 Å². The van der Waals surface area contributed by atoms with Gasteiger partial charge in [0, 0.05) is 30.4 Å². The second-order valence-corrected chi connectivity index (χ2v) is 6.57. The van der Waals surface area contributed by atoms with Gasteiger partial charge < -0.3 is 16.9 Å². The fraction of sp³-hybridized carbons (Fsp3) is 0.0500. The van der Waals surface area contributed by atoms with E-state index in [4.69, 9.17) is 23.2 Å². The smallest absolute Gasteiger partial charge is 0.221 e. The van der Waals surface area contributed by atoms with Gasteiger partial charge >= 0.3 is 0 Å². The molecule has 30 heavy (non-hydrogen) atoms. The van der Waals surface area contributed by atoms with Gasteiger partial charge in [0.1, 0.15) is 11.6 Å². The third-order valence-corrected chi connectivity index (χ3v) is 4.28. The zero-order valence-corrected chi connectivity index (χ0v) is 16.6. The van der Waals surface area contributed by atoms with Crippen LogP contribution >= 0.6 is 11.6 Å². The van der Waals surface area contributed by atoms with Crippen molar-refractivity contribution in [3.8, 4) is 11.1 Å². The average Bonchev–Trinajstić information content (AvgIpc) is 2.70. The van der Waals surface area contributed by atoms with Crippen LogP contribution in [-0.4, -0.2) is 16.7 Å². The van der Waals surface area contributed by atoms with Gasteiger partial charge in [-0.05, 0) is 35.9 Å². The van der Waals surface area contributed by atoms with Crippen LogP contribution in [0.1, 0.15) is 12.5 Å². The van der Waals surface area contributed by atoms with Gasteiger partial charge in [0.15, 0.2) is 5.84 Å². The molecule has 5 N–H and O–H groups in total. The zero-order valence-electron chi connectivity index (χ0n) is 15.8. The standard InChI is InChI=1S/C20H17ClFN7O/c1-11(30)26-15-4-2-3-12(7-15)13-8-16(19(23)25-10-13)20(28-29-24)27-18-9-14(22)5-6-17(18)21/h2-10H,1H3,(H2,23,25)(H,26,30)(H2,24,27,28). The summed E-state index contributed by atoms with van der Waals surface area (Å²) in [6.45, 7) is 1.42. The molecule has 8 nitrogen and oxygen atoms in total. The van der Waals surface area contributed by atoms with Crippen molar-refractivity contribution in [1.82, 2.24) is 4.98 Å². The molecule has 0 spiro atoms. The Morgan fingerprint density at radius 2 is 1.97 bits per heavy atom. The summed E-state index contributed by atoms with van der Waals surface area (Å²) >= 11 is 6.10. The summed E-state index contributed by atoms with van der Waals surface area (Å²) in [5.41, 5.74) is 8.55. The second kappa shape index (κ2) is 9.10. The summed E-state index contributed by atoms with van der Waals surface area (Å²) in [5, 5.41) is 10.0. The molecular weight excluding hydrogens is 409 g/mol. The van der Waals surface area contributed by atoms with Crippen LogP contribution in [0.5, 0.6) is 0 Å². The number of carbonyl (C=O) groups is 1. The molecule has 1 amide bonds. The number of hydrogen-bond acceptors (Lipinski definition) is 5. The number of amidine groups is 1. The predicted molar refractivity (Wildman–Crippen MR) is 115 cm³/mol. The molecule has 3 rings (SSSR count). The highest BCUT2D eigenvalue weighted by Gasteiger charge is 2.13. The fourth-order valence-electron chi connectivity index (χ4n) is 2.67. The van der Waals surface area contributed by atoms with E-state index in [0.29, 0.717) is 16.8 Å². The van der Waals surface area contributed by atoms with Crippen molar-refractivity contribution in [2.24, 2.45) is 21.2 Å². The summed E-state index contributed by atoms with van der Waals surface area (Å²) < 4.78 is 13.6. The summed E-state index contributed by atoms with van der Waals surface area (Å²) in [5.74, 6) is 4.65. The average molecular weight is 426 g/mol. The molecule has 0 unspecified atom stereocenters. The maximum atomic E-state index is 13.6. The molecule has 0 radical (unpaired) electrons. The minimum Gasteiger partial charge on any atom is -0.383 e. The molecule has 0 aliphatic rings. The summed E-state index contributed by atoms with van der Waals surface area (Å²) in [6.07, 6.45) is 1.57. The Kier molecular flexibility index (Phi) is 6.33. The van der Waals surface area contributed by atoms with E-state index in [9.17, 15) is 9.18 Å². The van der Waals surface area contributed by atoms with E-state index in [2.05, 4.69) is 25.6 Å². The maximum Gasteiger partial charge on any atom is 0.221 e. The number of hydrogen-bond donors (Lipinski definition) is 3. The first-order valence-corrected chi connectivity index (χ1v) is 9.03. The number of rotatable bonds is 4. The van der Waals surface area contributed by atoms with Crippen molar-refractivity contribution < 1.29 is 9.18 Å². The number of pyridine rings is 1. The normalized spacial score (nSPS) is 11.6. The summed E-state index contributed by atoms with van der Waals surface area (Å²) in [4.78, 5) is 19.8. The van der Waals surface area contributed by atoms with E-state index in [1.807, 2.05) is 6.07 Å². The molecule has 10 heteroatoms. The lowest BCUT2D eigenvalue weighted by Gasteiger charge is -2.09. The molecule has 3 aromatic rings. The SMILES string of the molecule is CC(=O)Nc1cccc(-c2cnc(N)c(C(N=NN)=Nc3cc(F)ccc3Cl)c2)c1. The first-order valence-electron chi connectivity index (χ1n) is 8.66. The minimum absolute atomic E-state index is 0.00913. The van der Waals surface area contributed by atoms with Crippen molar-refractivity contribution in [3.05, 3.63) is 71.1 Å². The number of carbonyl (C=O) groups excluding carboxylic acids is 1. The molecule has 0 saturated heterocycles. The number of nitrogens with two attached hydrogens (primary N) is 2. The molecule has 0 bridgehead atoms. The van der Waals surface area contributed by atoms with Crippen LogP contribution in [0.4, 0.5) is 21.6 Å². The van der Waals surface area contributed by atoms with Crippen LogP contribution in [0.15, 0.2) is 70.1 Å². The number of aromatic nitrogens is 1. The Bertz CT molecular complexity index is 1160. The Morgan fingerprint density at radius 3 is 2.70 bits per heavy atom.